The number of imidazole rings is 1. The predicted octanol–water partition coefficient (Wildman–Crippen LogP) is 2.57. The summed E-state index contributed by atoms with van der Waals surface area (Å²) in [6.07, 6.45) is 6.95. The maximum Gasteiger partial charge on any atom is 0.261 e. The van der Waals surface area contributed by atoms with Crippen molar-refractivity contribution in [3.63, 3.8) is 0 Å². The number of pyridine rings is 1. The fourth-order valence-corrected chi connectivity index (χ4v) is 2.89. The first-order valence-electron chi connectivity index (χ1n) is 6.50. The summed E-state index contributed by atoms with van der Waals surface area (Å²) in [6.45, 7) is 2.37. The Kier molecular flexibility index (Phi) is 3.79. The smallest absolute Gasteiger partial charge is 0.261 e. The zero-order valence-corrected chi connectivity index (χ0v) is 12.3. The molecule has 0 aliphatic rings. The van der Waals surface area contributed by atoms with Crippen molar-refractivity contribution in [1.29, 1.82) is 0 Å². The Morgan fingerprint density at radius 3 is 3.00 bits per heavy atom. The van der Waals surface area contributed by atoms with Crippen LogP contribution in [0.5, 0.6) is 0 Å². The molecule has 1 amide bonds. The van der Waals surface area contributed by atoms with E-state index < -0.39 is 0 Å². The summed E-state index contributed by atoms with van der Waals surface area (Å²) < 4.78 is 1.83. The molecule has 0 unspecified atom stereocenters. The second kappa shape index (κ2) is 5.88. The van der Waals surface area contributed by atoms with Crippen LogP contribution in [-0.4, -0.2) is 20.4 Å². The Bertz CT molecular complexity index is 749. The summed E-state index contributed by atoms with van der Waals surface area (Å²) in [6, 6.07) is 5.75. The standard InChI is InChI=1S/C15H14N4OS/c1-11-4-8-21-13(11)15(20)18-9-12-3-2-5-17-14(12)19-7-6-16-10-19/h2-8,10H,9H2,1H3,(H,18,20). The molecule has 0 aromatic carbocycles. The van der Waals surface area contributed by atoms with Gasteiger partial charge in [0.15, 0.2) is 0 Å². The molecule has 0 atom stereocenters. The number of nitrogens with zero attached hydrogens (tertiary/aromatic N) is 3. The van der Waals surface area contributed by atoms with Crippen LogP contribution in [0.4, 0.5) is 0 Å². The Balaban J connectivity index is 1.77. The second-order valence-corrected chi connectivity index (χ2v) is 5.49. The summed E-state index contributed by atoms with van der Waals surface area (Å²) in [4.78, 5) is 21.3. The van der Waals surface area contributed by atoms with E-state index in [0.29, 0.717) is 6.54 Å². The number of nitrogens with one attached hydrogen (secondary N) is 1. The average Bonchev–Trinajstić information content (AvgIpc) is 3.16. The van der Waals surface area contributed by atoms with E-state index in [4.69, 9.17) is 0 Å². The van der Waals surface area contributed by atoms with Crippen LogP contribution >= 0.6 is 11.3 Å². The van der Waals surface area contributed by atoms with Crippen LogP contribution in [-0.2, 0) is 6.54 Å². The lowest BCUT2D eigenvalue weighted by Gasteiger charge is -2.10. The Labute approximate surface area is 126 Å². The van der Waals surface area contributed by atoms with E-state index in [9.17, 15) is 4.79 Å². The number of hydrogen-bond donors (Lipinski definition) is 1. The molecule has 0 fully saturated rings. The van der Waals surface area contributed by atoms with Crippen LogP contribution < -0.4 is 5.32 Å². The van der Waals surface area contributed by atoms with Gasteiger partial charge in [-0.15, -0.1) is 11.3 Å². The van der Waals surface area contributed by atoms with Gasteiger partial charge in [0.1, 0.15) is 12.1 Å². The van der Waals surface area contributed by atoms with Crippen LogP contribution in [0.25, 0.3) is 5.82 Å². The van der Waals surface area contributed by atoms with Gasteiger partial charge in [0.25, 0.3) is 5.91 Å². The van der Waals surface area contributed by atoms with Gasteiger partial charge in [-0.3, -0.25) is 9.36 Å². The van der Waals surface area contributed by atoms with E-state index in [1.165, 1.54) is 11.3 Å². The molecule has 0 saturated heterocycles. The minimum Gasteiger partial charge on any atom is -0.347 e. The molecule has 3 heterocycles. The van der Waals surface area contributed by atoms with E-state index in [1.54, 1.807) is 18.7 Å². The highest BCUT2D eigenvalue weighted by Crippen LogP contribution is 2.16. The van der Waals surface area contributed by atoms with Gasteiger partial charge < -0.3 is 5.32 Å². The van der Waals surface area contributed by atoms with Gasteiger partial charge in [-0.25, -0.2) is 9.97 Å². The van der Waals surface area contributed by atoms with Crippen LogP contribution in [0, 0.1) is 6.92 Å². The van der Waals surface area contributed by atoms with Crippen molar-refractivity contribution >= 4 is 17.2 Å². The first kappa shape index (κ1) is 13.5. The number of amides is 1. The topological polar surface area (TPSA) is 59.8 Å². The van der Waals surface area contributed by atoms with Gasteiger partial charge >= 0.3 is 0 Å². The normalized spacial score (nSPS) is 10.5. The third-order valence-electron chi connectivity index (χ3n) is 3.12. The lowest BCUT2D eigenvalue weighted by Crippen LogP contribution is -2.23. The van der Waals surface area contributed by atoms with Crippen molar-refractivity contribution in [2.75, 3.05) is 0 Å². The molecular formula is C15H14N4OS. The largest absolute Gasteiger partial charge is 0.347 e. The van der Waals surface area contributed by atoms with Crippen LogP contribution in [0.2, 0.25) is 0 Å². The molecule has 3 aromatic heterocycles. The molecule has 0 bridgehead atoms. The molecule has 5 nitrogen and oxygen atoms in total. The number of aromatic nitrogens is 3. The Morgan fingerprint density at radius 2 is 2.29 bits per heavy atom. The molecule has 0 saturated carbocycles. The van der Waals surface area contributed by atoms with E-state index in [0.717, 1.165) is 21.8 Å². The molecule has 0 spiro atoms. The van der Waals surface area contributed by atoms with Gasteiger partial charge in [-0.05, 0) is 30.0 Å². The zero-order valence-electron chi connectivity index (χ0n) is 11.5. The summed E-state index contributed by atoms with van der Waals surface area (Å²) >= 11 is 1.45. The number of rotatable bonds is 4. The third-order valence-corrected chi connectivity index (χ3v) is 4.14. The predicted molar refractivity (Wildman–Crippen MR) is 81.6 cm³/mol. The second-order valence-electron chi connectivity index (χ2n) is 4.57. The molecule has 1 N–H and O–H groups in total. The van der Waals surface area contributed by atoms with Gasteiger partial charge in [0, 0.05) is 30.7 Å². The number of aryl methyl sites for hydroxylation is 1. The summed E-state index contributed by atoms with van der Waals surface area (Å²) in [5.74, 6) is 0.723. The highest BCUT2D eigenvalue weighted by molar-refractivity contribution is 7.12. The van der Waals surface area contributed by atoms with Crippen molar-refractivity contribution in [3.8, 4) is 5.82 Å². The summed E-state index contributed by atoms with van der Waals surface area (Å²) in [5, 5.41) is 4.86. The molecular weight excluding hydrogens is 284 g/mol. The SMILES string of the molecule is Cc1ccsc1C(=O)NCc1cccnc1-n1ccnc1. The lowest BCUT2D eigenvalue weighted by molar-refractivity contribution is 0.0954. The number of carbonyl (C=O) groups is 1. The van der Waals surface area contributed by atoms with Gasteiger partial charge in [-0.2, -0.15) is 0 Å². The molecule has 6 heteroatoms. The minimum absolute atomic E-state index is 0.0528. The minimum atomic E-state index is -0.0528. The van der Waals surface area contributed by atoms with E-state index in [2.05, 4.69) is 15.3 Å². The quantitative estimate of drug-likeness (QED) is 0.805. The van der Waals surface area contributed by atoms with Crippen molar-refractivity contribution < 1.29 is 4.79 Å². The highest BCUT2D eigenvalue weighted by Gasteiger charge is 2.11. The van der Waals surface area contributed by atoms with Crippen LogP contribution in [0.3, 0.4) is 0 Å². The maximum absolute atomic E-state index is 12.2. The number of thiophene rings is 1. The average molecular weight is 298 g/mol. The highest BCUT2D eigenvalue weighted by atomic mass is 32.1. The molecule has 3 aromatic rings. The van der Waals surface area contributed by atoms with Crippen LogP contribution in [0.1, 0.15) is 20.8 Å². The van der Waals surface area contributed by atoms with Gasteiger partial charge in [0.2, 0.25) is 0 Å². The fraction of sp³-hybridized carbons (Fsp3) is 0.133. The van der Waals surface area contributed by atoms with Crippen molar-refractivity contribution in [3.05, 3.63) is 64.5 Å². The molecule has 21 heavy (non-hydrogen) atoms. The summed E-state index contributed by atoms with van der Waals surface area (Å²) in [7, 11) is 0. The molecule has 0 radical (unpaired) electrons. The van der Waals surface area contributed by atoms with Gasteiger partial charge in [0.05, 0.1) is 4.88 Å². The summed E-state index contributed by atoms with van der Waals surface area (Å²) in [5.41, 5.74) is 1.94. The first-order valence-corrected chi connectivity index (χ1v) is 7.38. The van der Waals surface area contributed by atoms with E-state index in [-0.39, 0.29) is 5.91 Å². The van der Waals surface area contributed by atoms with Crippen molar-refractivity contribution in [2.45, 2.75) is 13.5 Å². The molecule has 106 valence electrons. The molecule has 0 aliphatic heterocycles. The van der Waals surface area contributed by atoms with Crippen molar-refractivity contribution in [2.24, 2.45) is 0 Å². The molecule has 3 rings (SSSR count). The van der Waals surface area contributed by atoms with E-state index >= 15 is 0 Å². The zero-order chi connectivity index (χ0) is 14.7. The number of carbonyl (C=O) groups excluding carboxylic acids is 1. The molecule has 0 aliphatic carbocycles. The first-order chi connectivity index (χ1) is 10.3. The Hall–Kier alpha value is -2.47. The lowest BCUT2D eigenvalue weighted by atomic mass is 10.2. The van der Waals surface area contributed by atoms with Gasteiger partial charge in [-0.1, -0.05) is 6.07 Å². The number of hydrogen-bond acceptors (Lipinski definition) is 4. The Morgan fingerprint density at radius 1 is 1.38 bits per heavy atom. The van der Waals surface area contributed by atoms with Crippen LogP contribution in [0.15, 0.2) is 48.5 Å². The maximum atomic E-state index is 12.2. The van der Waals surface area contributed by atoms with E-state index in [1.807, 2.05) is 41.3 Å². The van der Waals surface area contributed by atoms with Crippen molar-refractivity contribution in [1.82, 2.24) is 19.9 Å². The monoisotopic (exact) mass is 298 g/mol. The fourth-order valence-electron chi connectivity index (χ4n) is 2.05. The third kappa shape index (κ3) is 2.85.